The molecule has 3 N–H and O–H groups in total. The molecule has 0 aliphatic carbocycles. The number of aromatic nitrogens is 10. The number of fused-ring (bicyclic) bond motifs is 3. The van der Waals surface area contributed by atoms with Crippen molar-refractivity contribution in [3.05, 3.63) is 119 Å². The number of carboxylic acid groups (broad SMARTS) is 2. The van der Waals surface area contributed by atoms with Crippen LogP contribution in [-0.2, 0) is 65.1 Å². The number of aryl methyl sites for hydroxylation is 2. The molecule has 0 unspecified atom stereocenters. The molecule has 12 heterocycles. The van der Waals surface area contributed by atoms with E-state index in [1.165, 1.54) is 42.7 Å². The minimum Gasteiger partial charge on any atom is -0.759 e. The Bertz CT molecular complexity index is 4470. The predicted molar refractivity (Wildman–Crippen MR) is 350 cm³/mol. The van der Waals surface area contributed by atoms with Gasteiger partial charge in [0.25, 0.3) is 0 Å². The molecule has 105 heavy (non-hydrogen) atoms. The minimum absolute atomic E-state index is 0. The van der Waals surface area contributed by atoms with Crippen molar-refractivity contribution in [3.8, 4) is 34.3 Å². The molecule has 0 amide bonds. The second kappa shape index (κ2) is 41.5. The van der Waals surface area contributed by atoms with E-state index in [9.17, 15) is 61.4 Å². The third-order valence-corrected chi connectivity index (χ3v) is 18.7. The monoisotopic (exact) mass is 1570 g/mol. The molecule has 4 aliphatic heterocycles. The minimum atomic E-state index is -6.33. The smallest absolute Gasteiger partial charge is 0.759 e. The summed E-state index contributed by atoms with van der Waals surface area (Å²) in [5, 5.41) is 19.8. The van der Waals surface area contributed by atoms with Gasteiger partial charge in [0.05, 0.1) is 69.1 Å². The molecule has 8 aromatic rings. The van der Waals surface area contributed by atoms with Gasteiger partial charge in [-0.3, -0.25) is 27.6 Å². The van der Waals surface area contributed by atoms with Gasteiger partial charge in [-0.2, -0.15) is 58.1 Å². The van der Waals surface area contributed by atoms with Crippen LogP contribution < -0.4 is 88.8 Å². The van der Waals surface area contributed by atoms with Crippen molar-refractivity contribution in [1.82, 2.24) is 49.5 Å². The first kappa shape index (κ1) is 89.9. The summed E-state index contributed by atoms with van der Waals surface area (Å²) < 4.78 is 197. The number of nitrogens with zero attached hydrogens (tertiary/aromatic N) is 13. The largest absolute Gasteiger partial charge is 1.00 e. The molecule has 3 fully saturated rings. The molecule has 0 saturated carbocycles. The molecule has 4 aliphatic rings. The van der Waals surface area contributed by atoms with Crippen molar-refractivity contribution in [2.24, 2.45) is 19.1 Å². The molecule has 0 bridgehead atoms. The number of hydrogen-bond donors (Lipinski definition) is 3. The van der Waals surface area contributed by atoms with Gasteiger partial charge >= 0.3 is 106 Å². The van der Waals surface area contributed by atoms with Gasteiger partial charge in [-0.1, -0.05) is 42.8 Å². The van der Waals surface area contributed by atoms with Crippen LogP contribution in [-0.4, -0.2) is 216 Å². The van der Waals surface area contributed by atoms with E-state index in [4.69, 9.17) is 46.7 Å². The Morgan fingerprint density at radius 1 is 0.610 bits per heavy atom. The van der Waals surface area contributed by atoms with E-state index in [1.807, 2.05) is 43.4 Å². The molecular formula is C60H67F10N14Na2O16S2Si. The number of H-pyrrole nitrogens is 1. The Hall–Kier alpha value is -7.53. The second-order valence-electron chi connectivity index (χ2n) is 21.5. The van der Waals surface area contributed by atoms with Gasteiger partial charge < -0.3 is 62.7 Å². The zero-order valence-electron chi connectivity index (χ0n) is 57.1. The van der Waals surface area contributed by atoms with E-state index < -0.39 is 57.2 Å². The van der Waals surface area contributed by atoms with Gasteiger partial charge in [-0.25, -0.2) is 34.5 Å². The average Bonchev–Trinajstić information content (AvgIpc) is 1.66. The molecule has 8 aromatic heterocycles. The maximum Gasteiger partial charge on any atom is 1.00 e. The molecule has 45 heteroatoms. The van der Waals surface area contributed by atoms with Gasteiger partial charge in [-0.05, 0) is 36.4 Å². The van der Waals surface area contributed by atoms with Crippen LogP contribution in [0.4, 0.5) is 60.9 Å². The Morgan fingerprint density at radius 3 is 1.36 bits per heavy atom. The van der Waals surface area contributed by atoms with Crippen molar-refractivity contribution in [3.63, 3.8) is 0 Å². The van der Waals surface area contributed by atoms with E-state index in [0.29, 0.717) is 57.3 Å². The van der Waals surface area contributed by atoms with E-state index in [-0.39, 0.29) is 85.2 Å². The van der Waals surface area contributed by atoms with Crippen LogP contribution in [0.3, 0.4) is 0 Å². The van der Waals surface area contributed by atoms with Crippen LogP contribution in [0, 0.1) is 0 Å². The summed E-state index contributed by atoms with van der Waals surface area (Å²) in [5.74, 6) is -3.43. The first-order valence-corrected chi connectivity index (χ1v) is 35.4. The summed E-state index contributed by atoms with van der Waals surface area (Å²) in [4.78, 5) is 64.7. The topological polar surface area (TPSA) is 390 Å². The molecule has 0 aromatic carbocycles. The number of pyridine rings is 6. The van der Waals surface area contributed by atoms with E-state index in [2.05, 4.69) is 90.0 Å². The molecular weight excluding hydrogens is 1500 g/mol. The number of aromatic amines is 1. The summed E-state index contributed by atoms with van der Waals surface area (Å²) in [5.41, 5.74) is 8.05. The maximum atomic E-state index is 12.5. The van der Waals surface area contributed by atoms with Crippen molar-refractivity contribution in [1.29, 1.82) is 0 Å². The van der Waals surface area contributed by atoms with E-state index in [1.54, 1.807) is 47.3 Å². The predicted octanol–water partition coefficient (Wildman–Crippen LogP) is 1.70. The SMILES string of the molecule is CC[Si](CC)CC.Cn1nc(-c2ccnc(N3CCOCC3)c2)c2cc(=O)[nH]cc21.Cn1nc(-c2ccnc(N3CCOCC3)c2)c2cc(OC(F)F)ncc21.FC(F)Oc1cc2c(cn1)CN=C2c1ccnc(N2CCOCC2)c1.O=C(O)C(F)(F)F.O=C(O)C(F)(F)S(=O)(=O)F.O=S(=O)([O-])[O-].[Na+].[Na+]. The average molecular weight is 1570 g/mol. The number of carbonyl (C=O) groups is 2. The van der Waals surface area contributed by atoms with E-state index >= 15 is 0 Å². The van der Waals surface area contributed by atoms with Gasteiger partial charge in [0.1, 0.15) is 28.8 Å². The number of ether oxygens (including phenoxy) is 5. The van der Waals surface area contributed by atoms with Gasteiger partial charge in [0.15, 0.2) is 0 Å². The summed E-state index contributed by atoms with van der Waals surface area (Å²) in [7, 11) is -7.71. The number of nitrogens with one attached hydrogen (secondary N) is 1. The van der Waals surface area contributed by atoms with Crippen molar-refractivity contribution >= 4 is 86.3 Å². The maximum absolute atomic E-state index is 12.5. The number of hydrogen-bond acceptors (Lipinski definition) is 25. The number of halogens is 10. The molecule has 0 spiro atoms. The number of carboxylic acids is 2. The second-order valence-corrected chi connectivity index (χ2v) is 27.3. The standard InChI is InChI=1S/C17H17F2N5O2.C17H16F2N4O2.C16H17N5O2.C6H15Si.C2HF3O4S.C2HF3O2.2Na.H2O4S/c1-23-13-10-21-15(26-17(18)19)9-12(13)16(22-23)11-2-3-20-14(8-11)24-4-6-25-7-5-24;18-17(19)25-15-8-13-12(9-21-15)10-22-16(13)11-1-2-20-14(7-11)23-3-5-24-6-4-23;1-20-13-10-18-15(22)9-12(13)16(19-20)11-2-3-17-14(8-11)21-4-6-23-7-5-21;1-4-7(5-2)6-3;3-2(4,1(6)7)10(5,8)9;3-2(4,5)1(6)7;;;1-5(2,3)4/h2-3,8-10,17H,4-7H2,1H3;1-2,7-9,17H,3-6,10H2;2-3,8-10H,4-7H2,1H3,(H,18,22);4-6H2,1-3H3;(H,6,7);(H,6,7);;;(H2,1,2,3,4)/q;;;;;;2*+1;/p-2. The fourth-order valence-corrected chi connectivity index (χ4v) is 11.5. The molecule has 12 rings (SSSR count). The summed E-state index contributed by atoms with van der Waals surface area (Å²) in [6.07, 6.45) is 4.87. The Balaban J connectivity index is 0.000000279. The fourth-order valence-electron chi connectivity index (χ4n) is 9.81. The molecule has 30 nitrogen and oxygen atoms in total. The summed E-state index contributed by atoms with van der Waals surface area (Å²) >= 11 is 0. The van der Waals surface area contributed by atoms with Crippen molar-refractivity contribution < 1.29 is 172 Å². The Morgan fingerprint density at radius 2 is 0.990 bits per heavy atom. The number of aliphatic imine (C=N–C) groups is 1. The van der Waals surface area contributed by atoms with Gasteiger partial charge in [0.2, 0.25) is 17.3 Å². The molecule has 0 atom stereocenters. The van der Waals surface area contributed by atoms with Crippen LogP contribution in [0.2, 0.25) is 18.1 Å². The number of morpholine rings is 3. The van der Waals surface area contributed by atoms with Crippen LogP contribution in [0.15, 0.2) is 102 Å². The van der Waals surface area contributed by atoms with Crippen LogP contribution in [0.1, 0.15) is 37.5 Å². The molecule has 561 valence electrons. The number of aliphatic carboxylic acids is 2. The number of alkyl halides is 9. The molecule has 1 radical (unpaired) electrons. The Labute approximate surface area is 639 Å². The van der Waals surface area contributed by atoms with Crippen LogP contribution >= 0.6 is 0 Å². The summed E-state index contributed by atoms with van der Waals surface area (Å²) in [6.45, 7) is 10.5. The zero-order chi connectivity index (χ0) is 76.0. The summed E-state index contributed by atoms with van der Waals surface area (Å²) in [6, 6.07) is 20.5. The van der Waals surface area contributed by atoms with Crippen molar-refractivity contribution in [2.75, 3.05) is 93.6 Å². The fraction of sp³-hybridized carbons (Fsp3) is 0.417. The third kappa shape index (κ3) is 27.3. The van der Waals surface area contributed by atoms with Crippen LogP contribution in [0.5, 0.6) is 11.8 Å². The first-order valence-electron chi connectivity index (χ1n) is 30.6. The zero-order valence-corrected chi connectivity index (χ0v) is 63.8. The molecule has 3 saturated heterocycles. The van der Waals surface area contributed by atoms with E-state index in [0.717, 1.165) is 112 Å². The van der Waals surface area contributed by atoms with Gasteiger partial charge in [-0.15, -0.1) is 0 Å². The van der Waals surface area contributed by atoms with Crippen molar-refractivity contribution in [2.45, 2.75) is 70.1 Å². The van der Waals surface area contributed by atoms with Crippen LogP contribution in [0.25, 0.3) is 44.3 Å². The number of rotatable bonds is 15. The quantitative estimate of drug-likeness (QED) is 0.0432. The number of anilines is 3. The Kier molecular flexibility index (Phi) is 35.6. The first-order chi connectivity index (χ1) is 48.5. The third-order valence-electron chi connectivity index (χ3n) is 14.9. The van der Waals surface area contributed by atoms with Gasteiger partial charge in [0, 0.05) is 160 Å². The normalized spacial score (nSPS) is 14.3.